The van der Waals surface area contributed by atoms with Crippen LogP contribution in [-0.4, -0.2) is 35.6 Å². The van der Waals surface area contributed by atoms with E-state index in [9.17, 15) is 4.79 Å². The molecule has 1 heterocycles. The minimum absolute atomic E-state index is 0.0104. The van der Waals surface area contributed by atoms with Crippen molar-refractivity contribution in [1.82, 2.24) is 10.6 Å². The lowest BCUT2D eigenvalue weighted by molar-refractivity contribution is -0.136. The summed E-state index contributed by atoms with van der Waals surface area (Å²) in [6.07, 6.45) is 1.73. The van der Waals surface area contributed by atoms with Gasteiger partial charge in [0.25, 0.3) is 0 Å². The second-order valence-electron chi connectivity index (χ2n) is 3.03. The summed E-state index contributed by atoms with van der Waals surface area (Å²) in [5, 5.41) is 14.6. The Hall–Kier alpha value is -0.260. The summed E-state index contributed by atoms with van der Waals surface area (Å²) in [4.78, 5) is 9.98. The van der Waals surface area contributed by atoms with Crippen molar-refractivity contribution in [1.29, 1.82) is 0 Å². The molecule has 0 amide bonds. The highest BCUT2D eigenvalue weighted by Gasteiger charge is 2.27. The average molecular weight is 190 g/mol. The van der Waals surface area contributed by atoms with Gasteiger partial charge in [0.05, 0.1) is 11.4 Å². The van der Waals surface area contributed by atoms with E-state index in [0.717, 1.165) is 25.9 Å². The number of nitrogens with one attached hydrogen (secondary N) is 2. The third-order valence-corrected chi connectivity index (χ3v) is 2.60. The Balaban J connectivity index is 2.31. The van der Waals surface area contributed by atoms with Crippen LogP contribution in [0.5, 0.6) is 0 Å². The number of hydrogen-bond acceptors (Lipinski definition) is 4. The number of carboxylic acid groups (broad SMARTS) is 1. The molecule has 0 spiro atoms. The minimum atomic E-state index is -0.832. The number of carboxylic acids is 1. The molecule has 5 heteroatoms. The van der Waals surface area contributed by atoms with Crippen LogP contribution in [0.4, 0.5) is 0 Å². The molecule has 0 aromatic carbocycles. The third kappa shape index (κ3) is 3.00. The standard InChI is InChI=1S/C7H14N2O2S/c10-6(11)5-9-7(12)1-3-8-4-2-7/h8-9,12H,1-5H2,(H,10,11). The first-order valence-electron chi connectivity index (χ1n) is 4.02. The second-order valence-corrected chi connectivity index (χ2v) is 3.88. The molecule has 1 fully saturated rings. The maximum atomic E-state index is 10.3. The smallest absolute Gasteiger partial charge is 0.317 e. The van der Waals surface area contributed by atoms with Crippen molar-refractivity contribution < 1.29 is 9.90 Å². The number of piperidine rings is 1. The summed E-state index contributed by atoms with van der Waals surface area (Å²) in [6.45, 7) is 1.79. The maximum absolute atomic E-state index is 10.3. The largest absolute Gasteiger partial charge is 0.480 e. The van der Waals surface area contributed by atoms with Gasteiger partial charge in [-0.25, -0.2) is 0 Å². The van der Waals surface area contributed by atoms with Gasteiger partial charge in [0, 0.05) is 0 Å². The van der Waals surface area contributed by atoms with Gasteiger partial charge in [0.2, 0.25) is 0 Å². The lowest BCUT2D eigenvalue weighted by Crippen LogP contribution is -2.49. The van der Waals surface area contributed by atoms with Gasteiger partial charge < -0.3 is 10.4 Å². The van der Waals surface area contributed by atoms with Gasteiger partial charge in [-0.3, -0.25) is 10.1 Å². The van der Waals surface area contributed by atoms with Gasteiger partial charge in [-0.05, 0) is 25.9 Å². The normalized spacial score (nSPS) is 22.1. The van der Waals surface area contributed by atoms with E-state index in [1.165, 1.54) is 0 Å². The lowest BCUT2D eigenvalue weighted by atomic mass is 10.1. The molecular weight excluding hydrogens is 176 g/mol. The molecule has 0 aromatic heterocycles. The SMILES string of the molecule is O=C(O)CNC1(S)CCNCC1. The second kappa shape index (κ2) is 4.11. The molecule has 3 N–H and O–H groups in total. The van der Waals surface area contributed by atoms with Crippen molar-refractivity contribution in [3.8, 4) is 0 Å². The van der Waals surface area contributed by atoms with Crippen LogP contribution in [0.15, 0.2) is 0 Å². The van der Waals surface area contributed by atoms with Crippen molar-refractivity contribution in [3.63, 3.8) is 0 Å². The van der Waals surface area contributed by atoms with Crippen molar-refractivity contribution in [3.05, 3.63) is 0 Å². The highest BCUT2D eigenvalue weighted by molar-refractivity contribution is 7.81. The molecule has 0 aliphatic carbocycles. The molecule has 1 aliphatic rings. The first-order chi connectivity index (χ1) is 5.62. The van der Waals surface area contributed by atoms with Gasteiger partial charge in [-0.15, -0.1) is 0 Å². The van der Waals surface area contributed by atoms with Crippen molar-refractivity contribution >= 4 is 18.6 Å². The summed E-state index contributed by atoms with van der Waals surface area (Å²) in [5.41, 5.74) is 0. The van der Waals surface area contributed by atoms with Gasteiger partial charge in [-0.1, -0.05) is 0 Å². The minimum Gasteiger partial charge on any atom is -0.480 e. The van der Waals surface area contributed by atoms with Gasteiger partial charge in [-0.2, -0.15) is 12.6 Å². The van der Waals surface area contributed by atoms with E-state index in [-0.39, 0.29) is 11.4 Å². The predicted molar refractivity (Wildman–Crippen MR) is 49.5 cm³/mol. The van der Waals surface area contributed by atoms with Crippen LogP contribution in [0, 0.1) is 0 Å². The Morgan fingerprint density at radius 2 is 2.17 bits per heavy atom. The molecule has 0 aromatic rings. The van der Waals surface area contributed by atoms with E-state index >= 15 is 0 Å². The monoisotopic (exact) mass is 190 g/mol. The van der Waals surface area contributed by atoms with Crippen molar-refractivity contribution in [2.45, 2.75) is 17.7 Å². The molecule has 4 nitrogen and oxygen atoms in total. The molecule has 0 bridgehead atoms. The fourth-order valence-electron chi connectivity index (χ4n) is 1.26. The molecule has 0 atom stereocenters. The van der Waals surface area contributed by atoms with Crippen LogP contribution in [0.1, 0.15) is 12.8 Å². The summed E-state index contributed by atoms with van der Waals surface area (Å²) in [6, 6.07) is 0. The van der Waals surface area contributed by atoms with E-state index in [2.05, 4.69) is 23.3 Å². The Morgan fingerprint density at radius 1 is 1.58 bits per heavy atom. The van der Waals surface area contributed by atoms with Crippen LogP contribution in [0.3, 0.4) is 0 Å². The summed E-state index contributed by atoms with van der Waals surface area (Å²) >= 11 is 4.41. The van der Waals surface area contributed by atoms with Crippen LogP contribution in [0.25, 0.3) is 0 Å². The zero-order valence-electron chi connectivity index (χ0n) is 6.84. The van der Waals surface area contributed by atoms with Crippen LogP contribution in [-0.2, 0) is 4.79 Å². The number of hydrogen-bond donors (Lipinski definition) is 4. The first kappa shape index (κ1) is 9.83. The maximum Gasteiger partial charge on any atom is 0.317 e. The van der Waals surface area contributed by atoms with Gasteiger partial charge in [0.1, 0.15) is 0 Å². The number of thiol groups is 1. The average Bonchev–Trinajstić information content (AvgIpc) is 2.03. The van der Waals surface area contributed by atoms with Gasteiger partial charge >= 0.3 is 5.97 Å². The number of carbonyl (C=O) groups is 1. The molecule has 12 heavy (non-hydrogen) atoms. The van der Waals surface area contributed by atoms with Crippen molar-refractivity contribution in [2.24, 2.45) is 0 Å². The fraction of sp³-hybridized carbons (Fsp3) is 0.857. The Labute approximate surface area is 77.1 Å². The molecule has 70 valence electrons. The molecular formula is C7H14N2O2S. The van der Waals surface area contributed by atoms with Crippen LogP contribution >= 0.6 is 12.6 Å². The van der Waals surface area contributed by atoms with Gasteiger partial charge in [0.15, 0.2) is 0 Å². The number of rotatable bonds is 3. The number of aliphatic carboxylic acids is 1. The topological polar surface area (TPSA) is 61.4 Å². The van der Waals surface area contributed by atoms with E-state index < -0.39 is 5.97 Å². The highest BCUT2D eigenvalue weighted by Crippen LogP contribution is 2.21. The predicted octanol–water partition coefficient (Wildman–Crippen LogP) is -0.330. The summed E-state index contributed by atoms with van der Waals surface area (Å²) in [5.74, 6) is -0.832. The molecule has 0 unspecified atom stereocenters. The fourth-order valence-corrected chi connectivity index (χ4v) is 1.56. The van der Waals surface area contributed by atoms with E-state index in [4.69, 9.17) is 5.11 Å². The Kier molecular flexibility index (Phi) is 3.37. The molecule has 1 rings (SSSR count). The molecule has 1 aliphatic heterocycles. The summed E-state index contributed by atoms with van der Waals surface area (Å²) in [7, 11) is 0. The lowest BCUT2D eigenvalue weighted by Gasteiger charge is -2.33. The summed E-state index contributed by atoms with van der Waals surface area (Å²) < 4.78 is 0. The molecule has 0 saturated carbocycles. The van der Waals surface area contributed by atoms with Crippen LogP contribution < -0.4 is 10.6 Å². The zero-order valence-corrected chi connectivity index (χ0v) is 7.73. The quantitative estimate of drug-likeness (QED) is 0.363. The van der Waals surface area contributed by atoms with E-state index in [1.54, 1.807) is 0 Å². The highest BCUT2D eigenvalue weighted by atomic mass is 32.1. The third-order valence-electron chi connectivity index (χ3n) is 2.00. The Bertz CT molecular complexity index is 169. The molecule has 1 saturated heterocycles. The Morgan fingerprint density at radius 3 is 2.67 bits per heavy atom. The van der Waals surface area contributed by atoms with Crippen LogP contribution in [0.2, 0.25) is 0 Å². The van der Waals surface area contributed by atoms with E-state index in [1.807, 2.05) is 0 Å². The van der Waals surface area contributed by atoms with E-state index in [0.29, 0.717) is 0 Å². The van der Waals surface area contributed by atoms with Crippen molar-refractivity contribution in [2.75, 3.05) is 19.6 Å². The molecule has 0 radical (unpaired) electrons. The first-order valence-corrected chi connectivity index (χ1v) is 4.47. The zero-order chi connectivity index (χ0) is 9.03.